The maximum Gasteiger partial charge on any atom is 0.341 e. The van der Waals surface area contributed by atoms with Crippen molar-refractivity contribution < 1.29 is 22.7 Å². The van der Waals surface area contributed by atoms with Gasteiger partial charge in [0.2, 0.25) is 0 Å². The largest absolute Gasteiger partial charge is 0.462 e. The molecule has 1 N–H and O–H groups in total. The summed E-state index contributed by atoms with van der Waals surface area (Å²) in [6.45, 7) is 1.88. The van der Waals surface area contributed by atoms with Crippen LogP contribution in [0.3, 0.4) is 0 Å². The average Bonchev–Trinajstić information content (AvgIpc) is 3.35. The Morgan fingerprint density at radius 1 is 1.27 bits per heavy atom. The van der Waals surface area contributed by atoms with Crippen molar-refractivity contribution in [2.24, 2.45) is 0 Å². The van der Waals surface area contributed by atoms with Crippen LogP contribution in [0.1, 0.15) is 38.1 Å². The summed E-state index contributed by atoms with van der Waals surface area (Å²) < 4.78 is 30.8. The molecule has 0 saturated heterocycles. The van der Waals surface area contributed by atoms with E-state index < -0.39 is 21.7 Å². The minimum Gasteiger partial charge on any atom is -0.462 e. The van der Waals surface area contributed by atoms with Crippen LogP contribution in [-0.2, 0) is 26.7 Å². The smallest absolute Gasteiger partial charge is 0.341 e. The number of hydrogen-bond acceptors (Lipinski definition) is 7. The molecule has 0 bridgehead atoms. The maximum atomic E-state index is 12.8. The summed E-state index contributed by atoms with van der Waals surface area (Å²) in [4.78, 5) is 25.9. The zero-order chi connectivity index (χ0) is 21.3. The monoisotopic (exact) mass is 445 g/mol. The molecule has 0 aliphatic carbocycles. The van der Waals surface area contributed by atoms with Gasteiger partial charge in [0.05, 0.1) is 29.4 Å². The molecular formula is C20H19N3O5S2. The molecule has 0 spiro atoms. The van der Waals surface area contributed by atoms with Gasteiger partial charge in [-0.25, -0.2) is 17.9 Å². The quantitative estimate of drug-likeness (QED) is 0.605. The van der Waals surface area contributed by atoms with Crippen LogP contribution in [0.4, 0.5) is 5.00 Å². The molecule has 30 heavy (non-hydrogen) atoms. The fourth-order valence-electron chi connectivity index (χ4n) is 3.29. The van der Waals surface area contributed by atoms with E-state index in [0.717, 1.165) is 17.0 Å². The molecule has 0 radical (unpaired) electrons. The van der Waals surface area contributed by atoms with Gasteiger partial charge >= 0.3 is 5.97 Å². The number of anilines is 1. The van der Waals surface area contributed by atoms with Crippen LogP contribution >= 0.6 is 11.3 Å². The normalized spacial score (nSPS) is 14.7. The zero-order valence-corrected chi connectivity index (χ0v) is 17.8. The van der Waals surface area contributed by atoms with E-state index in [4.69, 9.17) is 4.74 Å². The number of sulfone groups is 1. The fourth-order valence-corrected chi connectivity index (χ4v) is 6.33. The number of thiophene rings is 1. The summed E-state index contributed by atoms with van der Waals surface area (Å²) in [5.74, 6) is -1.10. The molecule has 0 unspecified atom stereocenters. The van der Waals surface area contributed by atoms with E-state index in [1.54, 1.807) is 54.3 Å². The summed E-state index contributed by atoms with van der Waals surface area (Å²) in [5.41, 5.74) is 2.12. The minimum absolute atomic E-state index is 0.0224. The number of fused-ring (bicyclic) bond motifs is 1. The Morgan fingerprint density at radius 2 is 2.03 bits per heavy atom. The molecule has 1 amide bonds. The van der Waals surface area contributed by atoms with E-state index in [9.17, 15) is 18.0 Å². The Morgan fingerprint density at radius 3 is 2.70 bits per heavy atom. The second-order valence-corrected chi connectivity index (χ2v) is 10.0. The molecule has 1 aliphatic rings. The van der Waals surface area contributed by atoms with Gasteiger partial charge in [0.15, 0.2) is 9.84 Å². The van der Waals surface area contributed by atoms with Crippen LogP contribution in [0, 0.1) is 0 Å². The highest BCUT2D eigenvalue weighted by Gasteiger charge is 2.32. The summed E-state index contributed by atoms with van der Waals surface area (Å²) in [7, 11) is -3.21. The van der Waals surface area contributed by atoms with Gasteiger partial charge in [0.25, 0.3) is 5.91 Å². The first kappa shape index (κ1) is 20.3. The number of nitrogens with one attached hydrogen (secondary N) is 1. The number of rotatable bonds is 5. The van der Waals surface area contributed by atoms with Crippen molar-refractivity contribution in [3.05, 3.63) is 64.3 Å². The van der Waals surface area contributed by atoms with Crippen molar-refractivity contribution >= 4 is 38.1 Å². The standard InChI is InChI=1S/C20H19N3O5S2/c1-2-28-20(25)17-15-8-11-30(26,27)12-16(15)29-19(17)22-18(24)13-4-6-14(7-5-13)23-10-3-9-21-23/h3-7,9-10H,2,8,11-12H2,1H3,(H,22,24). The van der Waals surface area contributed by atoms with Gasteiger partial charge in [-0.2, -0.15) is 5.10 Å². The highest BCUT2D eigenvalue weighted by molar-refractivity contribution is 7.90. The number of carbonyl (C=O) groups excluding carboxylic acids is 2. The Hall–Kier alpha value is -2.98. The van der Waals surface area contributed by atoms with E-state index in [-0.39, 0.29) is 30.1 Å². The van der Waals surface area contributed by atoms with Gasteiger partial charge in [0, 0.05) is 22.8 Å². The summed E-state index contributed by atoms with van der Waals surface area (Å²) in [6.07, 6.45) is 3.69. The highest BCUT2D eigenvalue weighted by Crippen LogP contribution is 2.38. The third kappa shape index (κ3) is 4.01. The molecule has 3 heterocycles. The Bertz CT molecular complexity index is 1200. The lowest BCUT2D eigenvalue weighted by molar-refractivity contribution is 0.0527. The van der Waals surface area contributed by atoms with Crippen LogP contribution in [0.5, 0.6) is 0 Å². The lowest BCUT2D eigenvalue weighted by Gasteiger charge is -2.13. The van der Waals surface area contributed by atoms with Crippen LogP contribution < -0.4 is 5.32 Å². The first-order chi connectivity index (χ1) is 14.4. The van der Waals surface area contributed by atoms with Gasteiger partial charge in [-0.15, -0.1) is 11.3 Å². The predicted molar refractivity (Wildman–Crippen MR) is 113 cm³/mol. The topological polar surface area (TPSA) is 107 Å². The maximum absolute atomic E-state index is 12.8. The molecule has 8 nitrogen and oxygen atoms in total. The van der Waals surface area contributed by atoms with Gasteiger partial charge in [-0.05, 0) is 49.2 Å². The first-order valence-corrected chi connectivity index (χ1v) is 12.0. The number of ether oxygens (including phenoxy) is 1. The van der Waals surface area contributed by atoms with Crippen LogP contribution in [0.2, 0.25) is 0 Å². The average molecular weight is 446 g/mol. The molecule has 4 rings (SSSR count). The molecule has 156 valence electrons. The number of nitrogens with zero attached hydrogens (tertiary/aromatic N) is 2. The Balaban J connectivity index is 1.62. The molecule has 10 heteroatoms. The predicted octanol–water partition coefficient (Wildman–Crippen LogP) is 2.83. The molecule has 0 fully saturated rings. The molecule has 0 saturated carbocycles. The van der Waals surface area contributed by atoms with E-state index in [1.807, 2.05) is 0 Å². The summed E-state index contributed by atoms with van der Waals surface area (Å²) in [6, 6.07) is 8.65. The Kier molecular flexibility index (Phi) is 5.44. The lowest BCUT2D eigenvalue weighted by atomic mass is 10.1. The van der Waals surface area contributed by atoms with Crippen LogP contribution in [0.15, 0.2) is 42.7 Å². The minimum atomic E-state index is -3.21. The Labute approximate surface area is 177 Å². The highest BCUT2D eigenvalue weighted by atomic mass is 32.2. The third-order valence-corrected chi connectivity index (χ3v) is 7.59. The molecule has 1 aliphatic heterocycles. The summed E-state index contributed by atoms with van der Waals surface area (Å²) >= 11 is 1.12. The molecule has 2 aromatic heterocycles. The molecule has 3 aromatic rings. The second kappa shape index (κ2) is 8.04. The number of esters is 1. The number of carbonyl (C=O) groups is 2. The van der Waals surface area contributed by atoms with Gasteiger partial charge in [-0.1, -0.05) is 0 Å². The fraction of sp³-hybridized carbons (Fsp3) is 0.250. The van der Waals surface area contributed by atoms with Crippen LogP contribution in [0.25, 0.3) is 5.69 Å². The number of amides is 1. The van der Waals surface area contributed by atoms with Crippen molar-refractivity contribution in [2.75, 3.05) is 17.7 Å². The number of aromatic nitrogens is 2. The van der Waals surface area contributed by atoms with Crippen molar-refractivity contribution in [2.45, 2.75) is 19.1 Å². The number of hydrogen-bond donors (Lipinski definition) is 1. The van der Waals surface area contributed by atoms with Gasteiger partial charge in [-0.3, -0.25) is 4.79 Å². The van der Waals surface area contributed by atoms with Crippen molar-refractivity contribution in [1.82, 2.24) is 9.78 Å². The van der Waals surface area contributed by atoms with E-state index in [0.29, 0.717) is 21.0 Å². The first-order valence-electron chi connectivity index (χ1n) is 9.31. The molecular weight excluding hydrogens is 426 g/mol. The lowest BCUT2D eigenvalue weighted by Crippen LogP contribution is -2.20. The van der Waals surface area contributed by atoms with Crippen molar-refractivity contribution in [3.63, 3.8) is 0 Å². The van der Waals surface area contributed by atoms with E-state index in [1.165, 1.54) is 0 Å². The van der Waals surface area contributed by atoms with Gasteiger partial charge in [0.1, 0.15) is 5.00 Å². The molecule has 0 atom stereocenters. The van der Waals surface area contributed by atoms with Gasteiger partial charge < -0.3 is 10.1 Å². The van der Waals surface area contributed by atoms with Crippen LogP contribution in [-0.4, -0.2) is 42.4 Å². The zero-order valence-electron chi connectivity index (χ0n) is 16.1. The second-order valence-electron chi connectivity index (χ2n) is 6.72. The third-order valence-electron chi connectivity index (χ3n) is 4.71. The van der Waals surface area contributed by atoms with Crippen molar-refractivity contribution in [1.29, 1.82) is 0 Å². The van der Waals surface area contributed by atoms with E-state index >= 15 is 0 Å². The SMILES string of the molecule is CCOC(=O)c1c(NC(=O)c2ccc(-n3cccn3)cc2)sc2c1CCS(=O)(=O)C2. The van der Waals surface area contributed by atoms with Crippen molar-refractivity contribution in [3.8, 4) is 5.69 Å². The summed E-state index contributed by atoms with van der Waals surface area (Å²) in [5, 5.41) is 7.23. The molecule has 1 aromatic carbocycles. The van der Waals surface area contributed by atoms with E-state index in [2.05, 4.69) is 10.4 Å². The number of benzene rings is 1.